The lowest BCUT2D eigenvalue weighted by Gasteiger charge is -2.12. The summed E-state index contributed by atoms with van der Waals surface area (Å²) in [6.07, 6.45) is 0. The molecule has 0 unspecified atom stereocenters. The van der Waals surface area contributed by atoms with Gasteiger partial charge in [-0.15, -0.1) is 0 Å². The Hall–Kier alpha value is -3.47. The molecule has 144 valence electrons. The number of methoxy groups -OCH3 is 1. The van der Waals surface area contributed by atoms with E-state index >= 15 is 0 Å². The van der Waals surface area contributed by atoms with Gasteiger partial charge in [-0.1, -0.05) is 42.5 Å². The highest BCUT2D eigenvalue weighted by atomic mass is 16.5. The first-order valence-electron chi connectivity index (χ1n) is 9.08. The monoisotopic (exact) mass is 377 g/mol. The van der Waals surface area contributed by atoms with Gasteiger partial charge in [0.05, 0.1) is 13.7 Å². The smallest absolute Gasteiger partial charge is 0.262 e. The molecule has 0 fully saturated rings. The fourth-order valence-electron chi connectivity index (χ4n) is 2.74. The number of carbonyl (C=O) groups excluding carboxylic acids is 1. The van der Waals surface area contributed by atoms with Crippen LogP contribution in [-0.2, 0) is 4.79 Å². The van der Waals surface area contributed by atoms with Crippen molar-refractivity contribution in [2.45, 2.75) is 6.92 Å². The molecule has 0 aliphatic rings. The molecule has 5 nitrogen and oxygen atoms in total. The summed E-state index contributed by atoms with van der Waals surface area (Å²) >= 11 is 0. The normalized spacial score (nSPS) is 10.2. The Bertz CT molecular complexity index is 908. The van der Waals surface area contributed by atoms with Gasteiger partial charge in [0.1, 0.15) is 5.75 Å². The molecule has 0 heterocycles. The number of hydrogen-bond donors (Lipinski definition) is 1. The van der Waals surface area contributed by atoms with Gasteiger partial charge in [-0.2, -0.15) is 0 Å². The minimum atomic E-state index is -0.252. The van der Waals surface area contributed by atoms with Crippen molar-refractivity contribution in [1.82, 2.24) is 0 Å². The SMILES string of the molecule is CCOc1ccc(NC(=O)COc2ccc(-c3ccccc3)cc2)cc1OC. The van der Waals surface area contributed by atoms with E-state index in [4.69, 9.17) is 14.2 Å². The van der Waals surface area contributed by atoms with Crippen LogP contribution in [0.4, 0.5) is 5.69 Å². The number of anilines is 1. The third-order valence-electron chi connectivity index (χ3n) is 4.08. The number of hydrogen-bond acceptors (Lipinski definition) is 4. The Morgan fingerprint density at radius 2 is 1.57 bits per heavy atom. The number of benzene rings is 3. The maximum atomic E-state index is 12.2. The van der Waals surface area contributed by atoms with E-state index in [-0.39, 0.29) is 12.5 Å². The highest BCUT2D eigenvalue weighted by molar-refractivity contribution is 5.92. The molecular weight excluding hydrogens is 354 g/mol. The lowest BCUT2D eigenvalue weighted by molar-refractivity contribution is -0.118. The van der Waals surface area contributed by atoms with Crippen molar-refractivity contribution in [1.29, 1.82) is 0 Å². The van der Waals surface area contributed by atoms with Crippen molar-refractivity contribution >= 4 is 11.6 Å². The molecule has 0 aromatic heterocycles. The fourth-order valence-corrected chi connectivity index (χ4v) is 2.74. The van der Waals surface area contributed by atoms with Crippen molar-refractivity contribution in [3.63, 3.8) is 0 Å². The van der Waals surface area contributed by atoms with Crippen molar-refractivity contribution in [2.24, 2.45) is 0 Å². The molecule has 0 saturated carbocycles. The van der Waals surface area contributed by atoms with E-state index in [1.165, 1.54) is 0 Å². The molecule has 0 spiro atoms. The molecule has 1 N–H and O–H groups in total. The first-order valence-corrected chi connectivity index (χ1v) is 9.08. The van der Waals surface area contributed by atoms with Gasteiger partial charge in [-0.25, -0.2) is 0 Å². The van der Waals surface area contributed by atoms with Crippen molar-refractivity contribution < 1.29 is 19.0 Å². The standard InChI is InChI=1S/C23H23NO4/c1-3-27-21-14-11-19(15-22(21)26-2)24-23(25)16-28-20-12-9-18(10-13-20)17-7-5-4-6-8-17/h4-15H,3,16H2,1-2H3,(H,24,25). The van der Waals surface area contributed by atoms with Crippen LogP contribution in [0.2, 0.25) is 0 Å². The van der Waals surface area contributed by atoms with Crippen molar-refractivity contribution in [2.75, 3.05) is 25.6 Å². The topological polar surface area (TPSA) is 56.8 Å². The van der Waals surface area contributed by atoms with Gasteiger partial charge < -0.3 is 19.5 Å². The Morgan fingerprint density at radius 1 is 0.857 bits per heavy atom. The number of ether oxygens (including phenoxy) is 3. The maximum Gasteiger partial charge on any atom is 0.262 e. The molecule has 0 aliphatic carbocycles. The van der Waals surface area contributed by atoms with Gasteiger partial charge in [0.2, 0.25) is 0 Å². The van der Waals surface area contributed by atoms with E-state index in [0.717, 1.165) is 11.1 Å². The third-order valence-corrected chi connectivity index (χ3v) is 4.08. The molecule has 0 saturated heterocycles. The highest BCUT2D eigenvalue weighted by Crippen LogP contribution is 2.30. The summed E-state index contributed by atoms with van der Waals surface area (Å²) in [7, 11) is 1.56. The minimum Gasteiger partial charge on any atom is -0.493 e. The number of nitrogens with one attached hydrogen (secondary N) is 1. The molecule has 3 aromatic carbocycles. The molecular formula is C23H23NO4. The van der Waals surface area contributed by atoms with E-state index in [2.05, 4.69) is 17.4 Å². The first kappa shape index (κ1) is 19.3. The Morgan fingerprint density at radius 3 is 2.25 bits per heavy atom. The van der Waals surface area contributed by atoms with Crippen LogP contribution in [0.25, 0.3) is 11.1 Å². The summed E-state index contributed by atoms with van der Waals surface area (Å²) in [6.45, 7) is 2.36. The van der Waals surface area contributed by atoms with Gasteiger partial charge in [0, 0.05) is 11.8 Å². The Kier molecular flexibility index (Phi) is 6.52. The van der Waals surface area contributed by atoms with Gasteiger partial charge >= 0.3 is 0 Å². The molecule has 1 amide bonds. The summed E-state index contributed by atoms with van der Waals surface area (Å²) in [5.74, 6) is 1.59. The van der Waals surface area contributed by atoms with Gasteiger partial charge in [-0.3, -0.25) is 4.79 Å². The second-order valence-electron chi connectivity index (χ2n) is 6.03. The lowest BCUT2D eigenvalue weighted by atomic mass is 10.1. The maximum absolute atomic E-state index is 12.2. The zero-order valence-electron chi connectivity index (χ0n) is 16.0. The van der Waals surface area contributed by atoms with Gasteiger partial charge in [-0.05, 0) is 42.3 Å². The number of amides is 1. The van der Waals surface area contributed by atoms with Crippen LogP contribution in [0.5, 0.6) is 17.2 Å². The predicted molar refractivity (Wildman–Crippen MR) is 110 cm³/mol. The Labute approximate surface area is 164 Å². The Balaban J connectivity index is 1.55. The average Bonchev–Trinajstić information content (AvgIpc) is 2.74. The molecule has 0 radical (unpaired) electrons. The van der Waals surface area contributed by atoms with Crippen LogP contribution in [-0.4, -0.2) is 26.2 Å². The third kappa shape index (κ3) is 5.04. The van der Waals surface area contributed by atoms with E-state index in [9.17, 15) is 4.79 Å². The summed E-state index contributed by atoms with van der Waals surface area (Å²) in [5, 5.41) is 2.79. The van der Waals surface area contributed by atoms with Crippen molar-refractivity contribution in [3.8, 4) is 28.4 Å². The average molecular weight is 377 g/mol. The zero-order chi connectivity index (χ0) is 19.8. The summed E-state index contributed by atoms with van der Waals surface area (Å²) < 4.78 is 16.3. The number of carbonyl (C=O) groups is 1. The fraction of sp³-hybridized carbons (Fsp3) is 0.174. The van der Waals surface area contributed by atoms with Crippen LogP contribution in [0.3, 0.4) is 0 Å². The molecule has 3 rings (SSSR count). The molecule has 5 heteroatoms. The zero-order valence-corrected chi connectivity index (χ0v) is 16.0. The largest absolute Gasteiger partial charge is 0.493 e. The van der Waals surface area contributed by atoms with Crippen LogP contribution in [0.1, 0.15) is 6.92 Å². The quantitative estimate of drug-likeness (QED) is 0.614. The molecule has 0 atom stereocenters. The number of rotatable bonds is 8. The molecule has 3 aromatic rings. The molecule has 0 bridgehead atoms. The summed E-state index contributed by atoms with van der Waals surface area (Å²) in [6, 6.07) is 23.0. The van der Waals surface area contributed by atoms with E-state index in [0.29, 0.717) is 29.5 Å². The minimum absolute atomic E-state index is 0.0831. The van der Waals surface area contributed by atoms with Gasteiger partial charge in [0.25, 0.3) is 5.91 Å². The van der Waals surface area contributed by atoms with E-state index < -0.39 is 0 Å². The highest BCUT2D eigenvalue weighted by Gasteiger charge is 2.09. The lowest BCUT2D eigenvalue weighted by Crippen LogP contribution is -2.20. The van der Waals surface area contributed by atoms with Gasteiger partial charge in [0.15, 0.2) is 18.1 Å². The van der Waals surface area contributed by atoms with E-state index in [1.807, 2.05) is 49.4 Å². The van der Waals surface area contributed by atoms with Crippen LogP contribution in [0, 0.1) is 0 Å². The molecule has 28 heavy (non-hydrogen) atoms. The first-order chi connectivity index (χ1) is 13.7. The summed E-state index contributed by atoms with van der Waals surface area (Å²) in [4.78, 5) is 12.2. The molecule has 0 aliphatic heterocycles. The second-order valence-corrected chi connectivity index (χ2v) is 6.03. The van der Waals surface area contributed by atoms with Crippen LogP contribution < -0.4 is 19.5 Å². The van der Waals surface area contributed by atoms with E-state index in [1.54, 1.807) is 25.3 Å². The van der Waals surface area contributed by atoms with Crippen LogP contribution >= 0.6 is 0 Å². The predicted octanol–water partition coefficient (Wildman–Crippen LogP) is 4.78. The second kappa shape index (κ2) is 9.46. The van der Waals surface area contributed by atoms with Crippen molar-refractivity contribution in [3.05, 3.63) is 72.8 Å². The summed E-state index contributed by atoms with van der Waals surface area (Å²) in [5.41, 5.74) is 2.85. The van der Waals surface area contributed by atoms with Crippen LogP contribution in [0.15, 0.2) is 72.8 Å².